The second-order valence-corrected chi connectivity index (χ2v) is 7.16. The van der Waals surface area contributed by atoms with Crippen LogP contribution in [0.1, 0.15) is 37.0 Å². The summed E-state index contributed by atoms with van der Waals surface area (Å²) in [5, 5.41) is 6.89. The van der Waals surface area contributed by atoms with Gasteiger partial charge in [-0.15, -0.1) is 11.3 Å². The van der Waals surface area contributed by atoms with Crippen molar-refractivity contribution in [1.82, 2.24) is 10.6 Å². The van der Waals surface area contributed by atoms with Gasteiger partial charge in [0, 0.05) is 18.0 Å². The molecule has 100 valence electrons. The monoisotopic (exact) mass is 329 g/mol. The zero-order chi connectivity index (χ0) is 12.8. The molecule has 1 saturated carbocycles. The van der Waals surface area contributed by atoms with E-state index in [2.05, 4.69) is 43.7 Å². The van der Waals surface area contributed by atoms with Gasteiger partial charge >= 0.3 is 0 Å². The number of nitrogens with one attached hydrogen (secondary N) is 2. The normalized spacial score (nSPS) is 17.8. The third-order valence-corrected chi connectivity index (χ3v) is 4.85. The van der Waals surface area contributed by atoms with Crippen LogP contribution in [0.2, 0.25) is 0 Å². The van der Waals surface area contributed by atoms with E-state index < -0.39 is 0 Å². The number of aliphatic imine (C=N–C) groups is 1. The largest absolute Gasteiger partial charge is 0.354 e. The van der Waals surface area contributed by atoms with Gasteiger partial charge in [0.25, 0.3) is 0 Å². The molecule has 5 heteroatoms. The van der Waals surface area contributed by atoms with Crippen LogP contribution in [0.15, 0.2) is 20.9 Å². The lowest BCUT2D eigenvalue weighted by Gasteiger charge is -2.24. The van der Waals surface area contributed by atoms with Crippen LogP contribution in [0.3, 0.4) is 0 Å². The van der Waals surface area contributed by atoms with E-state index in [0.717, 1.165) is 12.5 Å². The molecule has 1 aromatic heterocycles. The predicted octanol–water partition coefficient (Wildman–Crippen LogP) is 3.51. The fraction of sp³-hybridized carbons (Fsp3) is 0.615. The molecule has 1 heterocycles. The van der Waals surface area contributed by atoms with E-state index in [1.165, 1.54) is 40.8 Å². The van der Waals surface area contributed by atoms with Gasteiger partial charge in [-0.25, -0.2) is 0 Å². The molecule has 3 nitrogen and oxygen atoms in total. The van der Waals surface area contributed by atoms with Gasteiger partial charge in [-0.1, -0.05) is 19.3 Å². The van der Waals surface area contributed by atoms with Gasteiger partial charge in [-0.05, 0) is 40.9 Å². The molecule has 0 atom stereocenters. The molecule has 0 saturated heterocycles. The number of thiophene rings is 1. The zero-order valence-electron chi connectivity index (χ0n) is 10.7. The molecule has 1 aliphatic rings. The number of rotatable bonds is 3. The number of hydrogen-bond acceptors (Lipinski definition) is 2. The van der Waals surface area contributed by atoms with E-state index in [4.69, 9.17) is 0 Å². The third kappa shape index (κ3) is 4.28. The van der Waals surface area contributed by atoms with Gasteiger partial charge in [-0.2, -0.15) is 0 Å². The van der Waals surface area contributed by atoms with Crippen LogP contribution in [0.5, 0.6) is 0 Å². The van der Waals surface area contributed by atoms with E-state index in [0.29, 0.717) is 6.04 Å². The Hall–Kier alpha value is -0.550. The van der Waals surface area contributed by atoms with E-state index in [1.807, 2.05) is 7.05 Å². The second-order valence-electron chi connectivity index (χ2n) is 4.61. The Balaban J connectivity index is 1.78. The molecule has 1 aromatic rings. The molecule has 18 heavy (non-hydrogen) atoms. The summed E-state index contributed by atoms with van der Waals surface area (Å²) in [7, 11) is 1.84. The fourth-order valence-electron chi connectivity index (χ4n) is 2.25. The van der Waals surface area contributed by atoms with E-state index in [9.17, 15) is 0 Å². The van der Waals surface area contributed by atoms with Crippen molar-refractivity contribution >= 4 is 33.2 Å². The lowest BCUT2D eigenvalue weighted by molar-refractivity contribution is 0.410. The first-order chi connectivity index (χ1) is 8.78. The maximum atomic E-state index is 4.29. The molecule has 0 bridgehead atoms. The van der Waals surface area contributed by atoms with Crippen molar-refractivity contribution in [3.63, 3.8) is 0 Å². The van der Waals surface area contributed by atoms with Crippen molar-refractivity contribution in [2.45, 2.75) is 44.7 Å². The number of nitrogens with zero attached hydrogens (tertiary/aromatic N) is 1. The van der Waals surface area contributed by atoms with Gasteiger partial charge in [0.1, 0.15) is 0 Å². The van der Waals surface area contributed by atoms with Gasteiger partial charge < -0.3 is 10.6 Å². The minimum absolute atomic E-state index is 0.597. The first-order valence-electron chi connectivity index (χ1n) is 6.49. The van der Waals surface area contributed by atoms with Crippen molar-refractivity contribution in [3.8, 4) is 0 Å². The highest BCUT2D eigenvalue weighted by atomic mass is 79.9. The highest BCUT2D eigenvalue weighted by Crippen LogP contribution is 2.21. The first-order valence-corrected chi connectivity index (χ1v) is 8.10. The molecule has 0 unspecified atom stereocenters. The summed E-state index contributed by atoms with van der Waals surface area (Å²) in [6.07, 6.45) is 6.60. The maximum absolute atomic E-state index is 4.29. The van der Waals surface area contributed by atoms with Crippen LogP contribution >= 0.6 is 27.3 Å². The predicted molar refractivity (Wildman–Crippen MR) is 82.2 cm³/mol. The Kier molecular flexibility index (Phi) is 5.50. The van der Waals surface area contributed by atoms with Crippen molar-refractivity contribution < 1.29 is 0 Å². The molecule has 0 radical (unpaired) electrons. The molecule has 2 rings (SSSR count). The standard InChI is InChI=1S/C13H20BrN3S/c1-15-13(17-10-5-3-2-4-6-10)16-9-11-7-8-12(14)18-11/h7-8,10H,2-6,9H2,1H3,(H2,15,16,17). The second kappa shape index (κ2) is 7.14. The summed E-state index contributed by atoms with van der Waals surface area (Å²) in [6.45, 7) is 0.836. The van der Waals surface area contributed by atoms with Crippen molar-refractivity contribution in [2.75, 3.05) is 7.05 Å². The van der Waals surface area contributed by atoms with Gasteiger partial charge in [0.2, 0.25) is 0 Å². The van der Waals surface area contributed by atoms with Gasteiger partial charge in [0.05, 0.1) is 10.3 Å². The molecule has 2 N–H and O–H groups in total. The Morgan fingerprint density at radius 2 is 2.17 bits per heavy atom. The number of halogens is 1. The van der Waals surface area contributed by atoms with E-state index >= 15 is 0 Å². The van der Waals surface area contributed by atoms with Crippen LogP contribution in [0.4, 0.5) is 0 Å². The molecule has 0 aliphatic heterocycles. The number of guanidine groups is 1. The highest BCUT2D eigenvalue weighted by molar-refractivity contribution is 9.11. The summed E-state index contributed by atoms with van der Waals surface area (Å²) < 4.78 is 1.18. The topological polar surface area (TPSA) is 36.4 Å². The van der Waals surface area contributed by atoms with E-state index in [1.54, 1.807) is 11.3 Å². The lowest BCUT2D eigenvalue weighted by atomic mass is 9.96. The average molecular weight is 330 g/mol. The molecule has 0 amide bonds. The lowest BCUT2D eigenvalue weighted by Crippen LogP contribution is -2.43. The van der Waals surface area contributed by atoms with E-state index in [-0.39, 0.29) is 0 Å². The summed E-state index contributed by atoms with van der Waals surface area (Å²) in [5.74, 6) is 0.923. The zero-order valence-corrected chi connectivity index (χ0v) is 13.1. The van der Waals surface area contributed by atoms with Crippen LogP contribution in [0, 0.1) is 0 Å². The molecule has 1 aliphatic carbocycles. The summed E-state index contributed by atoms with van der Waals surface area (Å²) >= 11 is 5.24. The minimum atomic E-state index is 0.597. The smallest absolute Gasteiger partial charge is 0.191 e. The Labute approximate surface area is 121 Å². The SMILES string of the molecule is CN=C(NCc1ccc(Br)s1)NC1CCCCC1. The summed E-state index contributed by atoms with van der Waals surface area (Å²) in [4.78, 5) is 5.60. The number of hydrogen-bond donors (Lipinski definition) is 2. The van der Waals surface area contributed by atoms with Crippen LogP contribution in [-0.4, -0.2) is 19.0 Å². The van der Waals surface area contributed by atoms with Crippen LogP contribution < -0.4 is 10.6 Å². The summed E-state index contributed by atoms with van der Waals surface area (Å²) in [6, 6.07) is 4.81. The van der Waals surface area contributed by atoms with Crippen LogP contribution in [-0.2, 0) is 6.54 Å². The highest BCUT2D eigenvalue weighted by Gasteiger charge is 2.14. The van der Waals surface area contributed by atoms with Crippen molar-refractivity contribution in [3.05, 3.63) is 20.8 Å². The third-order valence-electron chi connectivity index (χ3n) is 3.23. The first kappa shape index (κ1) is 13.9. The van der Waals surface area contributed by atoms with Crippen LogP contribution in [0.25, 0.3) is 0 Å². The molecule has 1 fully saturated rings. The maximum Gasteiger partial charge on any atom is 0.191 e. The summed E-state index contributed by atoms with van der Waals surface area (Å²) in [5.41, 5.74) is 0. The Bertz CT molecular complexity index is 397. The minimum Gasteiger partial charge on any atom is -0.354 e. The average Bonchev–Trinajstić information content (AvgIpc) is 2.81. The molecule has 0 spiro atoms. The Morgan fingerprint density at radius 3 is 2.78 bits per heavy atom. The molecular weight excluding hydrogens is 310 g/mol. The quantitative estimate of drug-likeness (QED) is 0.657. The Morgan fingerprint density at radius 1 is 1.39 bits per heavy atom. The molecular formula is C13H20BrN3S. The molecule has 0 aromatic carbocycles. The van der Waals surface area contributed by atoms with Gasteiger partial charge in [-0.3, -0.25) is 4.99 Å². The fourth-order valence-corrected chi connectivity index (χ4v) is 3.68. The van der Waals surface area contributed by atoms with Crippen molar-refractivity contribution in [2.24, 2.45) is 4.99 Å². The van der Waals surface area contributed by atoms with Gasteiger partial charge in [0.15, 0.2) is 5.96 Å². The van der Waals surface area contributed by atoms with Crippen molar-refractivity contribution in [1.29, 1.82) is 0 Å².